The van der Waals surface area contributed by atoms with Crippen LogP contribution in [0.3, 0.4) is 0 Å². The fraction of sp³-hybridized carbons (Fsp3) is 0.188. The van der Waals surface area contributed by atoms with E-state index >= 15 is 0 Å². The Morgan fingerprint density at radius 3 is 2.55 bits per heavy atom. The zero-order valence-corrected chi connectivity index (χ0v) is 12.0. The van der Waals surface area contributed by atoms with Gasteiger partial charge in [-0.05, 0) is 24.1 Å². The number of para-hydroxylation sites is 1. The van der Waals surface area contributed by atoms with Crippen LogP contribution in [0.5, 0.6) is 0 Å². The molecule has 0 radical (unpaired) electrons. The lowest BCUT2D eigenvalue weighted by Gasteiger charge is -2.18. The molecule has 2 aromatic carbocycles. The Morgan fingerprint density at radius 2 is 1.90 bits per heavy atom. The van der Waals surface area contributed by atoms with Crippen LogP contribution < -0.4 is 11.1 Å². The first kappa shape index (κ1) is 14.4. The van der Waals surface area contributed by atoms with Crippen molar-refractivity contribution in [1.29, 1.82) is 0 Å². The number of halogens is 1. The van der Waals surface area contributed by atoms with E-state index in [2.05, 4.69) is 5.32 Å². The molecule has 0 fully saturated rings. The number of amides is 1. The Labute approximate surface area is 123 Å². The molecule has 0 saturated heterocycles. The predicted molar refractivity (Wildman–Crippen MR) is 82.8 cm³/mol. The van der Waals surface area contributed by atoms with E-state index in [1.807, 2.05) is 37.3 Å². The monoisotopic (exact) mass is 288 g/mol. The zero-order valence-electron chi connectivity index (χ0n) is 11.3. The molecule has 0 aromatic heterocycles. The van der Waals surface area contributed by atoms with Gasteiger partial charge in [0.25, 0.3) is 5.91 Å². The molecule has 4 heteroatoms. The standard InChI is InChI=1S/C16H17ClN2O/c1-2-14(11-7-4-3-5-8-11)19-16(20)12-9-6-10-13(17)15(12)18/h3-10,14H,2,18H2,1H3,(H,19,20). The van der Waals surface area contributed by atoms with Gasteiger partial charge in [0.05, 0.1) is 22.3 Å². The minimum atomic E-state index is -0.208. The molecule has 0 bridgehead atoms. The molecule has 1 amide bonds. The van der Waals surface area contributed by atoms with E-state index in [0.717, 1.165) is 12.0 Å². The molecule has 1 atom stereocenters. The highest BCUT2D eigenvalue weighted by atomic mass is 35.5. The van der Waals surface area contributed by atoms with Gasteiger partial charge in [-0.3, -0.25) is 4.79 Å². The van der Waals surface area contributed by atoms with Crippen LogP contribution in [0.1, 0.15) is 35.3 Å². The summed E-state index contributed by atoms with van der Waals surface area (Å²) in [6, 6.07) is 14.9. The Bertz CT molecular complexity index is 599. The first-order chi connectivity index (χ1) is 9.63. The van der Waals surface area contributed by atoms with Crippen LogP contribution in [0.2, 0.25) is 5.02 Å². The molecule has 3 nitrogen and oxygen atoms in total. The number of carbonyl (C=O) groups excluding carboxylic acids is 1. The maximum Gasteiger partial charge on any atom is 0.253 e. The molecule has 20 heavy (non-hydrogen) atoms. The zero-order chi connectivity index (χ0) is 14.5. The van der Waals surface area contributed by atoms with E-state index in [0.29, 0.717) is 16.3 Å². The SMILES string of the molecule is CCC(NC(=O)c1cccc(Cl)c1N)c1ccccc1. The van der Waals surface area contributed by atoms with Crippen molar-refractivity contribution in [2.24, 2.45) is 0 Å². The Balaban J connectivity index is 2.20. The summed E-state index contributed by atoms with van der Waals surface area (Å²) in [7, 11) is 0. The van der Waals surface area contributed by atoms with Crippen molar-refractivity contribution in [3.8, 4) is 0 Å². The molecular formula is C16H17ClN2O. The lowest BCUT2D eigenvalue weighted by Crippen LogP contribution is -2.28. The van der Waals surface area contributed by atoms with E-state index in [1.54, 1.807) is 18.2 Å². The minimum absolute atomic E-state index is 0.0397. The molecule has 0 saturated carbocycles. The Morgan fingerprint density at radius 1 is 1.20 bits per heavy atom. The summed E-state index contributed by atoms with van der Waals surface area (Å²) in [5.41, 5.74) is 7.64. The molecular weight excluding hydrogens is 272 g/mol. The van der Waals surface area contributed by atoms with Crippen molar-refractivity contribution in [1.82, 2.24) is 5.32 Å². The van der Waals surface area contributed by atoms with E-state index in [4.69, 9.17) is 17.3 Å². The number of hydrogen-bond donors (Lipinski definition) is 2. The second-order valence-corrected chi connectivity index (χ2v) is 4.95. The summed E-state index contributed by atoms with van der Waals surface area (Å²) in [4.78, 5) is 12.3. The molecule has 3 N–H and O–H groups in total. The first-order valence-corrected chi connectivity index (χ1v) is 6.91. The van der Waals surface area contributed by atoms with E-state index in [1.165, 1.54) is 0 Å². The van der Waals surface area contributed by atoms with Crippen LogP contribution >= 0.6 is 11.6 Å². The smallest absolute Gasteiger partial charge is 0.253 e. The molecule has 0 heterocycles. The Hall–Kier alpha value is -2.00. The van der Waals surface area contributed by atoms with Crippen LogP contribution in [0.15, 0.2) is 48.5 Å². The molecule has 0 aliphatic heterocycles. The van der Waals surface area contributed by atoms with Gasteiger partial charge in [0.15, 0.2) is 0 Å². The fourth-order valence-electron chi connectivity index (χ4n) is 2.08. The topological polar surface area (TPSA) is 55.1 Å². The molecule has 104 valence electrons. The third-order valence-corrected chi connectivity index (χ3v) is 3.54. The molecule has 2 rings (SSSR count). The van der Waals surface area contributed by atoms with Crippen molar-refractivity contribution in [3.63, 3.8) is 0 Å². The number of anilines is 1. The van der Waals surface area contributed by atoms with Crippen molar-refractivity contribution in [2.45, 2.75) is 19.4 Å². The predicted octanol–water partition coefficient (Wildman–Crippen LogP) is 3.80. The van der Waals surface area contributed by atoms with Crippen LogP contribution in [0.25, 0.3) is 0 Å². The maximum atomic E-state index is 12.3. The summed E-state index contributed by atoms with van der Waals surface area (Å²) in [5.74, 6) is -0.208. The summed E-state index contributed by atoms with van der Waals surface area (Å²) < 4.78 is 0. The number of nitrogens with one attached hydrogen (secondary N) is 1. The lowest BCUT2D eigenvalue weighted by molar-refractivity contribution is 0.0936. The summed E-state index contributed by atoms with van der Waals surface area (Å²) >= 11 is 5.94. The largest absolute Gasteiger partial charge is 0.397 e. The molecule has 0 spiro atoms. The fourth-order valence-corrected chi connectivity index (χ4v) is 2.25. The average molecular weight is 289 g/mol. The van der Waals surface area contributed by atoms with Gasteiger partial charge in [0.1, 0.15) is 0 Å². The highest BCUT2D eigenvalue weighted by molar-refractivity contribution is 6.33. The quantitative estimate of drug-likeness (QED) is 0.841. The molecule has 2 aromatic rings. The van der Waals surface area contributed by atoms with Crippen molar-refractivity contribution >= 4 is 23.2 Å². The second kappa shape index (κ2) is 6.44. The van der Waals surface area contributed by atoms with Crippen LogP contribution in [0, 0.1) is 0 Å². The normalized spacial score (nSPS) is 11.9. The lowest BCUT2D eigenvalue weighted by atomic mass is 10.0. The van der Waals surface area contributed by atoms with Gasteiger partial charge in [-0.1, -0.05) is 54.9 Å². The van der Waals surface area contributed by atoms with Gasteiger partial charge < -0.3 is 11.1 Å². The van der Waals surface area contributed by atoms with Crippen LogP contribution in [0.4, 0.5) is 5.69 Å². The average Bonchev–Trinajstić information content (AvgIpc) is 2.48. The van der Waals surface area contributed by atoms with E-state index in [-0.39, 0.29) is 11.9 Å². The van der Waals surface area contributed by atoms with Crippen LogP contribution in [-0.2, 0) is 0 Å². The highest BCUT2D eigenvalue weighted by Crippen LogP contribution is 2.23. The summed E-state index contributed by atoms with van der Waals surface area (Å²) in [6.45, 7) is 2.03. The van der Waals surface area contributed by atoms with Gasteiger partial charge in [-0.2, -0.15) is 0 Å². The van der Waals surface area contributed by atoms with Gasteiger partial charge in [-0.25, -0.2) is 0 Å². The number of nitrogen functional groups attached to an aromatic ring is 1. The van der Waals surface area contributed by atoms with Crippen LogP contribution in [-0.4, -0.2) is 5.91 Å². The highest BCUT2D eigenvalue weighted by Gasteiger charge is 2.16. The van der Waals surface area contributed by atoms with Crippen molar-refractivity contribution in [3.05, 3.63) is 64.7 Å². The second-order valence-electron chi connectivity index (χ2n) is 4.55. The Kier molecular flexibility index (Phi) is 4.64. The van der Waals surface area contributed by atoms with Gasteiger partial charge in [-0.15, -0.1) is 0 Å². The number of hydrogen-bond acceptors (Lipinski definition) is 2. The van der Waals surface area contributed by atoms with Crippen molar-refractivity contribution < 1.29 is 4.79 Å². The molecule has 0 aliphatic rings. The summed E-state index contributed by atoms with van der Waals surface area (Å²) in [5, 5.41) is 3.38. The number of nitrogens with two attached hydrogens (primary N) is 1. The molecule has 1 unspecified atom stereocenters. The van der Waals surface area contributed by atoms with E-state index < -0.39 is 0 Å². The van der Waals surface area contributed by atoms with Gasteiger partial charge in [0.2, 0.25) is 0 Å². The maximum absolute atomic E-state index is 12.3. The number of rotatable bonds is 4. The number of benzene rings is 2. The molecule has 0 aliphatic carbocycles. The first-order valence-electron chi connectivity index (χ1n) is 6.53. The minimum Gasteiger partial charge on any atom is -0.397 e. The van der Waals surface area contributed by atoms with Gasteiger partial charge >= 0.3 is 0 Å². The number of carbonyl (C=O) groups is 1. The third-order valence-electron chi connectivity index (χ3n) is 3.21. The third kappa shape index (κ3) is 3.11. The van der Waals surface area contributed by atoms with Gasteiger partial charge in [0, 0.05) is 0 Å². The summed E-state index contributed by atoms with van der Waals surface area (Å²) in [6.07, 6.45) is 0.802. The van der Waals surface area contributed by atoms with Crippen molar-refractivity contribution in [2.75, 3.05) is 5.73 Å². The van der Waals surface area contributed by atoms with E-state index in [9.17, 15) is 4.79 Å².